The Labute approximate surface area is 312 Å². The summed E-state index contributed by atoms with van der Waals surface area (Å²) < 4.78 is 33.3. The fourth-order valence-electron chi connectivity index (χ4n) is 7.70. The van der Waals surface area contributed by atoms with Crippen molar-refractivity contribution in [1.82, 2.24) is 10.3 Å². The summed E-state index contributed by atoms with van der Waals surface area (Å²) in [5.41, 5.74) is 5.70. The number of aromatic nitrogens is 1. The highest BCUT2D eigenvalue weighted by molar-refractivity contribution is 6.36. The number of methoxy groups -OCH3 is 2. The number of ether oxygens (including phenoxy) is 3. The summed E-state index contributed by atoms with van der Waals surface area (Å²) in [5.74, 6) is 0.470. The van der Waals surface area contributed by atoms with Crippen LogP contribution < -0.4 is 19.5 Å². The van der Waals surface area contributed by atoms with Crippen molar-refractivity contribution in [3.05, 3.63) is 92.7 Å². The molecule has 3 aliphatic carbocycles. The number of carboxylic acids is 1. The monoisotopic (exact) mass is 746 g/mol. The Morgan fingerprint density at radius 2 is 1.77 bits per heavy atom. The zero-order valence-corrected chi connectivity index (χ0v) is 30.7. The van der Waals surface area contributed by atoms with Crippen LogP contribution in [0.3, 0.4) is 0 Å². The molecule has 7 rings (SSSR count). The first-order valence-corrected chi connectivity index (χ1v) is 18.5. The molecule has 0 saturated heterocycles. The van der Waals surface area contributed by atoms with Crippen LogP contribution in [-0.4, -0.2) is 42.6 Å². The number of halogens is 3. The lowest BCUT2D eigenvalue weighted by Crippen LogP contribution is -2.22. The van der Waals surface area contributed by atoms with Crippen molar-refractivity contribution in [2.24, 2.45) is 11.3 Å². The van der Waals surface area contributed by atoms with Crippen molar-refractivity contribution in [2.45, 2.75) is 70.4 Å². The van der Waals surface area contributed by atoms with Crippen LogP contribution in [0.2, 0.25) is 10.0 Å². The third kappa shape index (κ3) is 7.23. The molecule has 1 aromatic heterocycles. The fourth-order valence-corrected chi connectivity index (χ4v) is 8.26. The second-order valence-electron chi connectivity index (χ2n) is 14.1. The summed E-state index contributed by atoms with van der Waals surface area (Å²) in [7, 11) is 3.06. The maximum atomic E-state index is 15.6. The topological polar surface area (TPSA) is 107 Å². The number of nitrogens with one attached hydrogen (secondary N) is 1. The fraction of sp³-hybridized carbons (Fsp3) is 0.390. The smallest absolute Gasteiger partial charge is 0.309 e. The lowest BCUT2D eigenvalue weighted by molar-refractivity contribution is -0.143. The first kappa shape index (κ1) is 36.2. The number of Topliss-reactive ketones (excluding diaryl/α,β-unsaturated/α-hetero) is 1. The zero-order chi connectivity index (χ0) is 36.6. The van der Waals surface area contributed by atoms with Crippen LogP contribution in [0.4, 0.5) is 4.39 Å². The summed E-state index contributed by atoms with van der Waals surface area (Å²) in [6.07, 6.45) is 5.52. The summed E-state index contributed by atoms with van der Waals surface area (Å²) >= 11 is 13.8. The maximum Gasteiger partial charge on any atom is 0.309 e. The highest BCUT2D eigenvalue weighted by Gasteiger charge is 2.49. The first-order valence-electron chi connectivity index (χ1n) is 17.7. The molecular weight excluding hydrogens is 706 g/mol. The molecule has 4 aromatic rings. The Morgan fingerprint density at radius 3 is 2.48 bits per heavy atom. The van der Waals surface area contributed by atoms with E-state index in [1.165, 1.54) is 20.3 Å². The molecule has 0 amide bonds. The van der Waals surface area contributed by atoms with Crippen LogP contribution in [0.25, 0.3) is 22.3 Å². The van der Waals surface area contributed by atoms with E-state index in [-0.39, 0.29) is 30.2 Å². The van der Waals surface area contributed by atoms with E-state index in [1.807, 2.05) is 42.5 Å². The number of carbonyl (C=O) groups excluding carboxylic acids is 1. The molecule has 52 heavy (non-hydrogen) atoms. The molecule has 0 aliphatic heterocycles. The summed E-state index contributed by atoms with van der Waals surface area (Å²) in [6.45, 7) is 0.941. The third-order valence-electron chi connectivity index (χ3n) is 10.9. The van der Waals surface area contributed by atoms with E-state index in [0.717, 1.165) is 40.7 Å². The van der Waals surface area contributed by atoms with Gasteiger partial charge in [0.1, 0.15) is 28.5 Å². The normalized spacial score (nSPS) is 18.7. The van der Waals surface area contributed by atoms with Crippen molar-refractivity contribution in [2.75, 3.05) is 20.8 Å². The van der Waals surface area contributed by atoms with Crippen LogP contribution in [-0.2, 0) is 29.0 Å². The van der Waals surface area contributed by atoms with Gasteiger partial charge in [0, 0.05) is 41.6 Å². The van der Waals surface area contributed by atoms with Gasteiger partial charge in [0.2, 0.25) is 11.8 Å². The third-order valence-corrected chi connectivity index (χ3v) is 11.6. The van der Waals surface area contributed by atoms with Gasteiger partial charge in [0.15, 0.2) is 0 Å². The standard InChI is InChI=1S/C41H41Cl2FN2O6/c1-50-36-20-25(19-34(44)32(36)22-45-21-23-9-10-26(47)17-23)27-5-3-8-31(37(27)43)28-6-4-7-30-29(28)11-12-35(30)52-39-33(42)18-24(38(46-39)51-2)13-14-41(15-16-41)40(48)49/h3-8,18-20,23,35,45H,9-17,21-22H2,1-2H3,(H,48,49)/t23-,35+/m1/s1. The molecule has 1 heterocycles. The molecule has 2 N–H and O–H groups in total. The number of ketones is 1. The number of benzene rings is 3. The molecule has 8 nitrogen and oxygen atoms in total. The minimum Gasteiger partial charge on any atom is -0.496 e. The minimum atomic E-state index is -0.764. The van der Waals surface area contributed by atoms with E-state index < -0.39 is 17.2 Å². The average molecular weight is 748 g/mol. The summed E-state index contributed by atoms with van der Waals surface area (Å²) in [6, 6.07) is 16.9. The van der Waals surface area contributed by atoms with Crippen LogP contribution in [0.15, 0.2) is 54.6 Å². The molecule has 0 bridgehead atoms. The minimum absolute atomic E-state index is 0.258. The number of hydrogen-bond donors (Lipinski definition) is 2. The largest absolute Gasteiger partial charge is 0.496 e. The second-order valence-corrected chi connectivity index (χ2v) is 14.9. The molecule has 0 unspecified atom stereocenters. The number of rotatable bonds is 14. The van der Waals surface area contributed by atoms with Gasteiger partial charge in [0.05, 0.1) is 24.7 Å². The van der Waals surface area contributed by atoms with Crippen LogP contribution >= 0.6 is 23.2 Å². The Kier molecular flexibility index (Phi) is 10.5. The van der Waals surface area contributed by atoms with E-state index >= 15 is 4.39 Å². The van der Waals surface area contributed by atoms with Gasteiger partial charge in [-0.3, -0.25) is 9.59 Å². The molecular formula is C41H41Cl2FN2O6. The Bertz CT molecular complexity index is 2030. The average Bonchev–Trinajstić information content (AvgIpc) is 3.66. The molecule has 2 fully saturated rings. The molecule has 0 radical (unpaired) electrons. The number of hydrogen-bond acceptors (Lipinski definition) is 7. The quantitative estimate of drug-likeness (QED) is 0.132. The van der Waals surface area contributed by atoms with Gasteiger partial charge < -0.3 is 24.6 Å². The van der Waals surface area contributed by atoms with E-state index in [2.05, 4.69) is 10.3 Å². The van der Waals surface area contributed by atoms with Crippen molar-refractivity contribution in [3.63, 3.8) is 0 Å². The molecule has 3 aliphatic rings. The van der Waals surface area contributed by atoms with E-state index in [1.54, 1.807) is 6.07 Å². The van der Waals surface area contributed by atoms with E-state index in [0.29, 0.717) is 89.9 Å². The van der Waals surface area contributed by atoms with Crippen LogP contribution in [0.1, 0.15) is 73.3 Å². The first-order chi connectivity index (χ1) is 25.1. The number of carboxylic acid groups (broad SMARTS) is 1. The zero-order valence-electron chi connectivity index (χ0n) is 29.2. The van der Waals surface area contributed by atoms with E-state index in [4.69, 9.17) is 37.4 Å². The Balaban J connectivity index is 1.11. The van der Waals surface area contributed by atoms with Gasteiger partial charge in [-0.25, -0.2) is 4.39 Å². The lowest BCUT2D eigenvalue weighted by Gasteiger charge is -2.19. The molecule has 11 heteroatoms. The Morgan fingerprint density at radius 1 is 1.00 bits per heavy atom. The van der Waals surface area contributed by atoms with Gasteiger partial charge in [-0.1, -0.05) is 59.6 Å². The molecule has 2 atom stereocenters. The van der Waals surface area contributed by atoms with Gasteiger partial charge >= 0.3 is 5.97 Å². The molecule has 2 saturated carbocycles. The molecule has 3 aromatic carbocycles. The van der Waals surface area contributed by atoms with Crippen LogP contribution in [0.5, 0.6) is 17.5 Å². The number of carbonyl (C=O) groups is 2. The number of fused-ring (bicyclic) bond motifs is 1. The number of pyridine rings is 1. The van der Waals surface area contributed by atoms with Gasteiger partial charge in [-0.05, 0) is 97.9 Å². The highest BCUT2D eigenvalue weighted by Crippen LogP contribution is 2.50. The van der Waals surface area contributed by atoms with Gasteiger partial charge in [0.25, 0.3) is 0 Å². The predicted molar refractivity (Wildman–Crippen MR) is 198 cm³/mol. The lowest BCUT2D eigenvalue weighted by atomic mass is 9.93. The number of aliphatic carboxylic acids is 1. The predicted octanol–water partition coefficient (Wildman–Crippen LogP) is 9.20. The van der Waals surface area contributed by atoms with Crippen LogP contribution in [0, 0.1) is 17.2 Å². The van der Waals surface area contributed by atoms with Crippen molar-refractivity contribution < 1.29 is 33.3 Å². The molecule has 272 valence electrons. The van der Waals surface area contributed by atoms with E-state index in [9.17, 15) is 14.7 Å². The van der Waals surface area contributed by atoms with Gasteiger partial charge in [-0.2, -0.15) is 4.98 Å². The molecule has 0 spiro atoms. The summed E-state index contributed by atoms with van der Waals surface area (Å²) in [4.78, 5) is 27.9. The summed E-state index contributed by atoms with van der Waals surface area (Å²) in [5, 5.41) is 13.7. The maximum absolute atomic E-state index is 15.6. The highest BCUT2D eigenvalue weighted by atomic mass is 35.5. The van der Waals surface area contributed by atoms with Crippen molar-refractivity contribution in [3.8, 4) is 39.8 Å². The number of aryl methyl sites for hydroxylation is 1. The van der Waals surface area contributed by atoms with Crippen molar-refractivity contribution in [1.29, 1.82) is 0 Å². The van der Waals surface area contributed by atoms with Crippen molar-refractivity contribution >= 4 is 35.0 Å². The SMILES string of the molecule is COc1cc(-c2cccc(-c3cccc4c3CC[C@@H]4Oc3nc(OC)c(CCC4(C(=O)O)CC4)cc3Cl)c2Cl)cc(F)c1CNC[C@@H]1CCC(=O)C1. The Hall–Kier alpha value is -4.18. The second kappa shape index (κ2) is 15.0. The number of nitrogens with zero attached hydrogens (tertiary/aromatic N) is 1. The van der Waals surface area contributed by atoms with Gasteiger partial charge in [-0.15, -0.1) is 0 Å².